The molecule has 0 atom stereocenters. The van der Waals surface area contributed by atoms with Crippen LogP contribution in [0.5, 0.6) is 11.5 Å². The van der Waals surface area contributed by atoms with Crippen molar-refractivity contribution >= 4 is 5.69 Å². The molecule has 9 nitrogen and oxygen atoms in total. The number of nitrogens with zero attached hydrogens (tertiary/aromatic N) is 5. The van der Waals surface area contributed by atoms with Crippen molar-refractivity contribution in [2.75, 3.05) is 0 Å². The maximum absolute atomic E-state index is 13.2. The van der Waals surface area contributed by atoms with Gasteiger partial charge in [0.25, 0.3) is 0 Å². The minimum absolute atomic E-state index is 0.174. The van der Waals surface area contributed by atoms with Crippen LogP contribution in [0.1, 0.15) is 0 Å². The number of rotatable bonds is 3. The maximum Gasteiger partial charge on any atom is 0.315 e. The summed E-state index contributed by atoms with van der Waals surface area (Å²) in [5, 5.41) is 38.0. The number of hydrogen-bond acceptors (Lipinski definition) is 7. The third-order valence-electron chi connectivity index (χ3n) is 3.38. The lowest BCUT2D eigenvalue weighted by atomic mass is 10.1. The van der Waals surface area contributed by atoms with Crippen LogP contribution in [0.4, 0.5) is 10.1 Å². The lowest BCUT2D eigenvalue weighted by Crippen LogP contribution is -1.97. The van der Waals surface area contributed by atoms with Crippen LogP contribution in [0, 0.1) is 16.1 Å². The molecule has 0 aliphatic rings. The van der Waals surface area contributed by atoms with Crippen molar-refractivity contribution in [1.29, 1.82) is 0 Å². The first-order chi connectivity index (χ1) is 11.4. The fourth-order valence-electron chi connectivity index (χ4n) is 2.25. The number of aromatic nitrogens is 4. The number of benzene rings is 1. The minimum atomic E-state index is -0.831. The number of phenols is 2. The summed E-state index contributed by atoms with van der Waals surface area (Å²) in [6.07, 6.45) is 1.27. The number of nitro groups is 1. The molecule has 3 rings (SSSR count). The number of phenolic OH excluding ortho intramolecular Hbond substituents is 2. The molecule has 0 saturated carbocycles. The van der Waals surface area contributed by atoms with Gasteiger partial charge in [-0.1, -0.05) is 0 Å². The molecule has 0 amide bonds. The van der Waals surface area contributed by atoms with Crippen LogP contribution in [0.3, 0.4) is 0 Å². The molecule has 10 heteroatoms. The van der Waals surface area contributed by atoms with E-state index >= 15 is 0 Å². The summed E-state index contributed by atoms with van der Waals surface area (Å²) in [4.78, 5) is 13.6. The van der Waals surface area contributed by atoms with E-state index in [0.717, 1.165) is 12.1 Å². The topological polar surface area (TPSA) is 127 Å². The van der Waals surface area contributed by atoms with Gasteiger partial charge in [0, 0.05) is 36.5 Å². The van der Waals surface area contributed by atoms with E-state index < -0.39 is 28.1 Å². The molecule has 2 N–H and O–H groups in total. The Hall–Kier alpha value is -3.56. The van der Waals surface area contributed by atoms with Crippen molar-refractivity contribution in [3.63, 3.8) is 0 Å². The molecule has 3 aromatic rings. The molecule has 0 radical (unpaired) electrons. The summed E-state index contributed by atoms with van der Waals surface area (Å²) in [5.41, 5.74) is -0.0708. The lowest BCUT2D eigenvalue weighted by molar-refractivity contribution is -0.385. The molecule has 0 aliphatic heterocycles. The molecule has 122 valence electrons. The summed E-state index contributed by atoms with van der Waals surface area (Å²) < 4.78 is 14.7. The average Bonchev–Trinajstić information content (AvgIpc) is 2.91. The number of aromatic hydroxyl groups is 2. The first-order valence-electron chi connectivity index (χ1n) is 6.60. The molecule has 0 spiro atoms. The number of hydrogen-bond donors (Lipinski definition) is 2. The second kappa shape index (κ2) is 5.57. The first kappa shape index (κ1) is 15.3. The largest absolute Gasteiger partial charge is 0.504 e. The van der Waals surface area contributed by atoms with Gasteiger partial charge in [-0.2, -0.15) is 4.39 Å². The quantitative estimate of drug-likeness (QED) is 0.325. The van der Waals surface area contributed by atoms with Gasteiger partial charge in [0.2, 0.25) is 11.7 Å². The molecular weight excluding hydrogens is 321 g/mol. The smallest absolute Gasteiger partial charge is 0.315 e. The van der Waals surface area contributed by atoms with Gasteiger partial charge in [0.05, 0.1) is 4.92 Å². The summed E-state index contributed by atoms with van der Waals surface area (Å²) in [5.74, 6) is -1.67. The summed E-state index contributed by atoms with van der Waals surface area (Å²) >= 11 is 0. The second-order valence-electron chi connectivity index (χ2n) is 4.89. The van der Waals surface area contributed by atoms with Crippen LogP contribution in [-0.4, -0.2) is 34.9 Å². The third kappa shape index (κ3) is 2.49. The van der Waals surface area contributed by atoms with Gasteiger partial charge < -0.3 is 14.8 Å². The van der Waals surface area contributed by atoms with E-state index in [1.165, 1.54) is 22.9 Å². The zero-order valence-corrected chi connectivity index (χ0v) is 12.2. The molecule has 0 bridgehead atoms. The molecule has 24 heavy (non-hydrogen) atoms. The molecule has 0 unspecified atom stereocenters. The SMILES string of the molecule is Cn1c(-c2ccnc(F)c2)nnc1-c1cc(O)c(O)c([N+](=O)[O-])c1. The van der Waals surface area contributed by atoms with Gasteiger partial charge in [0.1, 0.15) is 0 Å². The highest BCUT2D eigenvalue weighted by Gasteiger charge is 2.22. The van der Waals surface area contributed by atoms with Gasteiger partial charge in [-0.25, -0.2) is 4.98 Å². The van der Waals surface area contributed by atoms with E-state index in [4.69, 9.17) is 0 Å². The van der Waals surface area contributed by atoms with E-state index in [-0.39, 0.29) is 11.4 Å². The third-order valence-corrected chi connectivity index (χ3v) is 3.38. The highest BCUT2D eigenvalue weighted by Crippen LogP contribution is 2.39. The van der Waals surface area contributed by atoms with E-state index in [1.54, 1.807) is 7.05 Å². The minimum Gasteiger partial charge on any atom is -0.504 e. The Kier molecular flexibility index (Phi) is 3.56. The zero-order valence-electron chi connectivity index (χ0n) is 12.2. The van der Waals surface area contributed by atoms with E-state index in [0.29, 0.717) is 11.4 Å². The lowest BCUT2D eigenvalue weighted by Gasteiger charge is -2.06. The highest BCUT2D eigenvalue weighted by molar-refractivity contribution is 5.70. The Balaban J connectivity index is 2.14. The van der Waals surface area contributed by atoms with Crippen LogP contribution in [0.2, 0.25) is 0 Å². The van der Waals surface area contributed by atoms with Gasteiger partial charge in [-0.3, -0.25) is 10.1 Å². The van der Waals surface area contributed by atoms with Crippen LogP contribution in [0.25, 0.3) is 22.8 Å². The molecule has 0 fully saturated rings. The predicted molar refractivity (Wildman–Crippen MR) is 79.6 cm³/mol. The summed E-state index contributed by atoms with van der Waals surface area (Å²) in [6, 6.07) is 4.90. The fourth-order valence-corrected chi connectivity index (χ4v) is 2.25. The van der Waals surface area contributed by atoms with Gasteiger partial charge in [-0.15, -0.1) is 10.2 Å². The molecular formula is C14H10FN5O4. The monoisotopic (exact) mass is 331 g/mol. The van der Waals surface area contributed by atoms with Crippen LogP contribution < -0.4 is 0 Å². The van der Waals surface area contributed by atoms with Crippen LogP contribution in [-0.2, 0) is 7.05 Å². The van der Waals surface area contributed by atoms with Gasteiger partial charge in [0.15, 0.2) is 17.4 Å². The van der Waals surface area contributed by atoms with Crippen LogP contribution in [0.15, 0.2) is 30.5 Å². The van der Waals surface area contributed by atoms with Crippen molar-refractivity contribution in [2.45, 2.75) is 0 Å². The highest BCUT2D eigenvalue weighted by atomic mass is 19.1. The van der Waals surface area contributed by atoms with E-state index in [1.807, 2.05) is 0 Å². The fraction of sp³-hybridized carbons (Fsp3) is 0.0714. The van der Waals surface area contributed by atoms with Crippen molar-refractivity contribution in [3.8, 4) is 34.3 Å². The summed E-state index contributed by atoms with van der Waals surface area (Å²) in [7, 11) is 1.58. The summed E-state index contributed by atoms with van der Waals surface area (Å²) in [6.45, 7) is 0. The average molecular weight is 331 g/mol. The normalized spacial score (nSPS) is 10.8. The van der Waals surface area contributed by atoms with Gasteiger partial charge >= 0.3 is 5.69 Å². The number of pyridine rings is 1. The van der Waals surface area contributed by atoms with Crippen molar-refractivity contribution < 1.29 is 19.5 Å². The molecule has 2 aromatic heterocycles. The Morgan fingerprint density at radius 3 is 2.46 bits per heavy atom. The maximum atomic E-state index is 13.2. The zero-order chi connectivity index (χ0) is 17.4. The molecule has 0 saturated heterocycles. The molecule has 2 heterocycles. The predicted octanol–water partition coefficient (Wildman–Crippen LogP) is 2.00. The standard InChI is InChI=1S/C14H10FN5O4/c1-19-13(7-2-3-16-11(15)6-7)17-18-14(19)8-4-9(20(23)24)12(22)10(21)5-8/h2-6,21-22H,1H3. The van der Waals surface area contributed by atoms with Crippen molar-refractivity contribution in [3.05, 3.63) is 46.5 Å². The molecule has 0 aliphatic carbocycles. The van der Waals surface area contributed by atoms with Gasteiger partial charge in [-0.05, 0) is 12.1 Å². The Morgan fingerprint density at radius 1 is 1.17 bits per heavy atom. The van der Waals surface area contributed by atoms with Crippen molar-refractivity contribution in [2.24, 2.45) is 7.05 Å². The number of nitro benzene ring substituents is 1. The first-order valence-corrected chi connectivity index (χ1v) is 6.60. The van der Waals surface area contributed by atoms with Crippen molar-refractivity contribution in [1.82, 2.24) is 19.7 Å². The molecule has 1 aromatic carbocycles. The Bertz CT molecular complexity index is 956. The van der Waals surface area contributed by atoms with Crippen LogP contribution >= 0.6 is 0 Å². The van der Waals surface area contributed by atoms with E-state index in [2.05, 4.69) is 15.2 Å². The number of halogens is 1. The van der Waals surface area contributed by atoms with E-state index in [9.17, 15) is 24.7 Å². The Morgan fingerprint density at radius 2 is 1.83 bits per heavy atom. The second-order valence-corrected chi connectivity index (χ2v) is 4.89. The Labute approximate surface area is 133 Å².